The van der Waals surface area contributed by atoms with E-state index in [4.69, 9.17) is 15.2 Å². The summed E-state index contributed by atoms with van der Waals surface area (Å²) in [5.41, 5.74) is 8.49. The van der Waals surface area contributed by atoms with Gasteiger partial charge in [-0.15, -0.1) is 0 Å². The number of fused-ring (bicyclic) bond motifs is 1. The Morgan fingerprint density at radius 2 is 2.11 bits per heavy atom. The van der Waals surface area contributed by atoms with Gasteiger partial charge < -0.3 is 25.2 Å². The van der Waals surface area contributed by atoms with Crippen molar-refractivity contribution in [1.82, 2.24) is 0 Å². The average Bonchev–Trinajstić information content (AvgIpc) is 2.75. The highest BCUT2D eigenvalue weighted by Crippen LogP contribution is 2.40. The highest BCUT2D eigenvalue weighted by Gasteiger charge is 2.35. The minimum absolute atomic E-state index is 0.00841. The summed E-state index contributed by atoms with van der Waals surface area (Å²) < 4.78 is 11.2. The Kier molecular flexibility index (Phi) is 3.03. The summed E-state index contributed by atoms with van der Waals surface area (Å²) in [5.74, 6) is 0.840. The van der Waals surface area contributed by atoms with Crippen LogP contribution in [0.15, 0.2) is 12.1 Å². The van der Waals surface area contributed by atoms with Crippen molar-refractivity contribution in [3.05, 3.63) is 17.7 Å². The molecule has 1 saturated heterocycles. The van der Waals surface area contributed by atoms with Gasteiger partial charge in [-0.05, 0) is 13.0 Å². The summed E-state index contributed by atoms with van der Waals surface area (Å²) in [5, 5.41) is 9.40. The maximum atomic E-state index is 9.40. The Labute approximate surface area is 112 Å². The van der Waals surface area contributed by atoms with Gasteiger partial charge in [-0.25, -0.2) is 0 Å². The average molecular weight is 264 g/mol. The van der Waals surface area contributed by atoms with Gasteiger partial charge in [0.05, 0.1) is 31.2 Å². The van der Waals surface area contributed by atoms with Crippen LogP contribution >= 0.6 is 0 Å². The van der Waals surface area contributed by atoms with Gasteiger partial charge in [0.1, 0.15) is 11.4 Å². The van der Waals surface area contributed by atoms with Crippen molar-refractivity contribution in [2.24, 2.45) is 0 Å². The van der Waals surface area contributed by atoms with E-state index >= 15 is 0 Å². The Hall–Kier alpha value is -1.46. The van der Waals surface area contributed by atoms with Crippen molar-refractivity contribution >= 4 is 11.4 Å². The number of anilines is 2. The van der Waals surface area contributed by atoms with Gasteiger partial charge in [0.25, 0.3) is 0 Å². The summed E-state index contributed by atoms with van der Waals surface area (Å²) in [6.07, 6.45) is 0.701. The minimum atomic E-state index is -0.515. The highest BCUT2D eigenvalue weighted by atomic mass is 16.5. The van der Waals surface area contributed by atoms with Crippen LogP contribution in [0.25, 0.3) is 0 Å². The Morgan fingerprint density at radius 3 is 2.79 bits per heavy atom. The summed E-state index contributed by atoms with van der Waals surface area (Å²) in [4.78, 5) is 2.22. The number of morpholine rings is 1. The van der Waals surface area contributed by atoms with Gasteiger partial charge in [0.2, 0.25) is 0 Å². The van der Waals surface area contributed by atoms with Crippen LogP contribution in [0.4, 0.5) is 11.4 Å². The van der Waals surface area contributed by atoms with E-state index in [2.05, 4.69) is 4.90 Å². The fourth-order valence-electron chi connectivity index (χ4n) is 2.74. The number of aliphatic hydroxyl groups is 1. The van der Waals surface area contributed by atoms with E-state index in [1.54, 1.807) is 0 Å². The first-order valence-corrected chi connectivity index (χ1v) is 6.66. The van der Waals surface area contributed by atoms with Crippen molar-refractivity contribution in [3.63, 3.8) is 0 Å². The molecule has 1 fully saturated rings. The van der Waals surface area contributed by atoms with E-state index in [1.165, 1.54) is 0 Å². The molecule has 3 N–H and O–H groups in total. The van der Waals surface area contributed by atoms with E-state index in [0.717, 1.165) is 49.0 Å². The van der Waals surface area contributed by atoms with E-state index in [0.29, 0.717) is 6.42 Å². The first kappa shape index (κ1) is 12.6. The molecule has 0 spiro atoms. The first-order chi connectivity index (χ1) is 9.11. The van der Waals surface area contributed by atoms with E-state index in [9.17, 15) is 5.11 Å². The lowest BCUT2D eigenvalue weighted by atomic mass is 9.99. The highest BCUT2D eigenvalue weighted by molar-refractivity contribution is 5.72. The van der Waals surface area contributed by atoms with Crippen molar-refractivity contribution in [2.45, 2.75) is 18.9 Å². The molecule has 5 nitrogen and oxygen atoms in total. The monoisotopic (exact) mass is 264 g/mol. The fourth-order valence-corrected chi connectivity index (χ4v) is 2.74. The van der Waals surface area contributed by atoms with Crippen LogP contribution in [0.3, 0.4) is 0 Å². The second-order valence-corrected chi connectivity index (χ2v) is 5.51. The van der Waals surface area contributed by atoms with Gasteiger partial charge >= 0.3 is 0 Å². The van der Waals surface area contributed by atoms with Gasteiger partial charge in [-0.1, -0.05) is 0 Å². The third-order valence-corrected chi connectivity index (χ3v) is 3.82. The minimum Gasteiger partial charge on any atom is -0.484 e. The van der Waals surface area contributed by atoms with Crippen LogP contribution in [0, 0.1) is 0 Å². The zero-order valence-electron chi connectivity index (χ0n) is 11.2. The molecule has 0 saturated carbocycles. The van der Waals surface area contributed by atoms with E-state index < -0.39 is 5.60 Å². The van der Waals surface area contributed by atoms with Gasteiger partial charge in [0.15, 0.2) is 0 Å². The number of aliphatic hydroxyl groups excluding tert-OH is 1. The number of ether oxygens (including phenoxy) is 2. The fraction of sp³-hybridized carbons (Fsp3) is 0.571. The van der Waals surface area contributed by atoms with E-state index in [1.807, 2.05) is 19.1 Å². The van der Waals surface area contributed by atoms with E-state index in [-0.39, 0.29) is 6.61 Å². The molecule has 104 valence electrons. The summed E-state index contributed by atoms with van der Waals surface area (Å²) >= 11 is 0. The molecule has 1 aromatic rings. The Balaban J connectivity index is 1.91. The van der Waals surface area contributed by atoms with Crippen LogP contribution in [0.1, 0.15) is 12.5 Å². The van der Waals surface area contributed by atoms with Crippen molar-refractivity contribution in [2.75, 3.05) is 43.5 Å². The smallest absolute Gasteiger partial charge is 0.133 e. The van der Waals surface area contributed by atoms with Crippen LogP contribution in [-0.4, -0.2) is 43.6 Å². The van der Waals surface area contributed by atoms with Gasteiger partial charge in [0, 0.05) is 31.1 Å². The lowest BCUT2D eigenvalue weighted by Gasteiger charge is -2.30. The van der Waals surface area contributed by atoms with Crippen LogP contribution in [0.5, 0.6) is 5.75 Å². The Morgan fingerprint density at radius 1 is 1.37 bits per heavy atom. The van der Waals surface area contributed by atoms with Crippen molar-refractivity contribution in [1.29, 1.82) is 0 Å². The maximum Gasteiger partial charge on any atom is 0.133 e. The van der Waals surface area contributed by atoms with Gasteiger partial charge in [-0.3, -0.25) is 0 Å². The lowest BCUT2D eigenvalue weighted by molar-refractivity contribution is 0.0446. The molecule has 2 aliphatic heterocycles. The summed E-state index contributed by atoms with van der Waals surface area (Å²) in [6, 6.07) is 3.97. The SMILES string of the molecule is CC1(CO)Cc2cc(N)c(N3CCOCC3)cc2O1. The third-order valence-electron chi connectivity index (χ3n) is 3.82. The second kappa shape index (κ2) is 4.58. The molecule has 1 atom stereocenters. The zero-order chi connectivity index (χ0) is 13.5. The summed E-state index contributed by atoms with van der Waals surface area (Å²) in [6.45, 7) is 5.07. The number of benzene rings is 1. The number of nitrogen functional groups attached to an aromatic ring is 1. The molecule has 0 amide bonds. The molecular formula is C14H20N2O3. The molecule has 5 heteroatoms. The largest absolute Gasteiger partial charge is 0.484 e. The Bertz CT molecular complexity index is 486. The zero-order valence-corrected chi connectivity index (χ0v) is 11.2. The van der Waals surface area contributed by atoms with Gasteiger partial charge in [-0.2, -0.15) is 0 Å². The second-order valence-electron chi connectivity index (χ2n) is 5.51. The predicted octanol–water partition coefficient (Wildman–Crippen LogP) is 0.791. The predicted molar refractivity (Wildman–Crippen MR) is 73.7 cm³/mol. The molecule has 2 heterocycles. The number of nitrogens with zero attached hydrogens (tertiary/aromatic N) is 1. The number of rotatable bonds is 2. The topological polar surface area (TPSA) is 68.0 Å². The maximum absolute atomic E-state index is 9.40. The molecule has 0 radical (unpaired) electrons. The quantitative estimate of drug-likeness (QED) is 0.773. The van der Waals surface area contributed by atoms with Crippen LogP contribution in [0.2, 0.25) is 0 Å². The lowest BCUT2D eigenvalue weighted by Crippen LogP contribution is -2.36. The summed E-state index contributed by atoms with van der Waals surface area (Å²) in [7, 11) is 0. The van der Waals surface area contributed by atoms with Crippen LogP contribution in [-0.2, 0) is 11.2 Å². The number of hydrogen-bond donors (Lipinski definition) is 2. The molecule has 19 heavy (non-hydrogen) atoms. The molecule has 0 aromatic heterocycles. The molecule has 2 aliphatic rings. The van der Waals surface area contributed by atoms with Crippen molar-refractivity contribution < 1.29 is 14.6 Å². The molecule has 0 aliphatic carbocycles. The van der Waals surface area contributed by atoms with Crippen molar-refractivity contribution in [3.8, 4) is 5.75 Å². The van der Waals surface area contributed by atoms with Crippen LogP contribution < -0.4 is 15.4 Å². The molecule has 0 bridgehead atoms. The number of hydrogen-bond acceptors (Lipinski definition) is 5. The number of nitrogens with two attached hydrogens (primary N) is 1. The standard InChI is InChI=1S/C14H20N2O3/c1-14(9-17)8-10-6-11(15)12(7-13(10)19-14)16-2-4-18-5-3-16/h6-7,17H,2-5,8-9,15H2,1H3. The molecule has 3 rings (SSSR count). The molecule has 1 unspecified atom stereocenters. The molecule has 1 aromatic carbocycles. The first-order valence-electron chi connectivity index (χ1n) is 6.66. The molecular weight excluding hydrogens is 244 g/mol. The normalized spacial score (nSPS) is 26.1. The third kappa shape index (κ3) is 2.24.